The number of hydrogen-bond acceptors (Lipinski definition) is 3. The molecular formula is C14H19ClN2O. The molecule has 0 aromatic heterocycles. The fraction of sp³-hybridized carbons (Fsp3) is 0.500. The molecule has 2 atom stereocenters. The summed E-state index contributed by atoms with van der Waals surface area (Å²) in [5.74, 6) is 0.662. The summed E-state index contributed by atoms with van der Waals surface area (Å²) >= 11 is 5.92. The van der Waals surface area contributed by atoms with E-state index < -0.39 is 0 Å². The van der Waals surface area contributed by atoms with Gasteiger partial charge in [0.2, 0.25) is 0 Å². The first-order valence-electron chi connectivity index (χ1n) is 6.35. The number of rotatable bonds is 4. The molecule has 18 heavy (non-hydrogen) atoms. The van der Waals surface area contributed by atoms with Crippen LogP contribution in [0.4, 0.5) is 0 Å². The van der Waals surface area contributed by atoms with E-state index in [0.29, 0.717) is 23.0 Å². The Kier molecular flexibility index (Phi) is 4.38. The first-order chi connectivity index (χ1) is 8.61. The van der Waals surface area contributed by atoms with Crippen molar-refractivity contribution in [2.75, 3.05) is 19.6 Å². The third-order valence-corrected chi connectivity index (χ3v) is 3.92. The first kappa shape index (κ1) is 13.5. The van der Waals surface area contributed by atoms with Gasteiger partial charge in [-0.05, 0) is 44.5 Å². The van der Waals surface area contributed by atoms with Crippen LogP contribution in [-0.2, 0) is 0 Å². The second kappa shape index (κ2) is 5.83. The second-order valence-electron chi connectivity index (χ2n) is 4.94. The molecule has 0 amide bonds. The highest BCUT2D eigenvalue weighted by atomic mass is 35.5. The van der Waals surface area contributed by atoms with Crippen molar-refractivity contribution in [3.05, 3.63) is 34.9 Å². The number of carbonyl (C=O) groups is 1. The molecule has 0 radical (unpaired) electrons. The molecule has 1 aliphatic heterocycles. The Balaban J connectivity index is 2.05. The molecule has 2 N–H and O–H groups in total. The standard InChI is InChI=1S/C14H19ClN2O/c1-10(17-6-5-11(8-16)9-17)14(18)12-3-2-4-13(15)7-12/h2-4,7,10-11H,5-6,8-9,16H2,1H3. The molecule has 1 saturated heterocycles. The fourth-order valence-corrected chi connectivity index (χ4v) is 2.65. The smallest absolute Gasteiger partial charge is 0.179 e. The molecule has 2 unspecified atom stereocenters. The molecule has 0 aliphatic carbocycles. The maximum absolute atomic E-state index is 12.3. The van der Waals surface area contributed by atoms with Crippen LogP contribution in [0.25, 0.3) is 0 Å². The zero-order valence-corrected chi connectivity index (χ0v) is 11.4. The zero-order chi connectivity index (χ0) is 13.1. The predicted molar refractivity (Wildman–Crippen MR) is 74.0 cm³/mol. The molecular weight excluding hydrogens is 248 g/mol. The van der Waals surface area contributed by atoms with Crippen LogP contribution in [0.1, 0.15) is 23.7 Å². The van der Waals surface area contributed by atoms with Crippen molar-refractivity contribution < 1.29 is 4.79 Å². The van der Waals surface area contributed by atoms with Crippen LogP contribution in [-0.4, -0.2) is 36.4 Å². The molecule has 0 spiro atoms. The minimum Gasteiger partial charge on any atom is -0.330 e. The average molecular weight is 267 g/mol. The Morgan fingerprint density at radius 3 is 3.00 bits per heavy atom. The lowest BCUT2D eigenvalue weighted by Gasteiger charge is -2.23. The van der Waals surface area contributed by atoms with Crippen LogP contribution in [0.5, 0.6) is 0 Å². The van der Waals surface area contributed by atoms with E-state index >= 15 is 0 Å². The Morgan fingerprint density at radius 2 is 2.39 bits per heavy atom. The lowest BCUT2D eigenvalue weighted by atomic mass is 10.0. The van der Waals surface area contributed by atoms with Gasteiger partial charge >= 0.3 is 0 Å². The van der Waals surface area contributed by atoms with E-state index in [0.717, 1.165) is 19.5 Å². The number of ketones is 1. The van der Waals surface area contributed by atoms with Crippen LogP contribution in [0.3, 0.4) is 0 Å². The molecule has 0 saturated carbocycles. The van der Waals surface area contributed by atoms with Crippen LogP contribution < -0.4 is 5.73 Å². The summed E-state index contributed by atoms with van der Waals surface area (Å²) < 4.78 is 0. The van der Waals surface area contributed by atoms with Crippen molar-refractivity contribution in [1.82, 2.24) is 4.90 Å². The van der Waals surface area contributed by atoms with Gasteiger partial charge in [-0.15, -0.1) is 0 Å². The SMILES string of the molecule is CC(C(=O)c1cccc(Cl)c1)N1CCC(CN)C1. The number of hydrogen-bond donors (Lipinski definition) is 1. The lowest BCUT2D eigenvalue weighted by Crippen LogP contribution is -2.37. The topological polar surface area (TPSA) is 46.3 Å². The van der Waals surface area contributed by atoms with Gasteiger partial charge < -0.3 is 5.73 Å². The molecule has 0 bridgehead atoms. The summed E-state index contributed by atoms with van der Waals surface area (Å²) in [6.45, 7) is 4.54. The fourth-order valence-electron chi connectivity index (χ4n) is 2.46. The van der Waals surface area contributed by atoms with Gasteiger partial charge in [-0.2, -0.15) is 0 Å². The zero-order valence-electron chi connectivity index (χ0n) is 10.6. The number of likely N-dealkylation sites (tertiary alicyclic amines) is 1. The molecule has 98 valence electrons. The highest BCUT2D eigenvalue weighted by Crippen LogP contribution is 2.20. The van der Waals surface area contributed by atoms with E-state index in [2.05, 4.69) is 4.90 Å². The molecule has 1 heterocycles. The summed E-state index contributed by atoms with van der Waals surface area (Å²) in [5.41, 5.74) is 6.36. The van der Waals surface area contributed by atoms with Crippen LogP contribution in [0.2, 0.25) is 5.02 Å². The molecule has 1 aromatic rings. The molecule has 3 nitrogen and oxygen atoms in total. The van der Waals surface area contributed by atoms with E-state index in [1.165, 1.54) is 0 Å². The molecule has 2 rings (SSSR count). The largest absolute Gasteiger partial charge is 0.330 e. The molecule has 1 aliphatic rings. The minimum absolute atomic E-state index is 0.0972. The Labute approximate surface area is 113 Å². The van der Waals surface area contributed by atoms with Crippen molar-refractivity contribution in [3.63, 3.8) is 0 Å². The van der Waals surface area contributed by atoms with Gasteiger partial charge in [0.15, 0.2) is 5.78 Å². The van der Waals surface area contributed by atoms with Crippen molar-refractivity contribution in [2.45, 2.75) is 19.4 Å². The highest BCUT2D eigenvalue weighted by molar-refractivity contribution is 6.31. The lowest BCUT2D eigenvalue weighted by molar-refractivity contribution is 0.0863. The van der Waals surface area contributed by atoms with Gasteiger partial charge in [0.05, 0.1) is 6.04 Å². The molecule has 1 aromatic carbocycles. The Morgan fingerprint density at radius 1 is 1.61 bits per heavy atom. The van der Waals surface area contributed by atoms with Crippen LogP contribution >= 0.6 is 11.6 Å². The van der Waals surface area contributed by atoms with E-state index in [9.17, 15) is 4.79 Å². The van der Waals surface area contributed by atoms with Gasteiger partial charge in [-0.25, -0.2) is 0 Å². The van der Waals surface area contributed by atoms with E-state index in [4.69, 9.17) is 17.3 Å². The van der Waals surface area contributed by atoms with Gasteiger partial charge in [0.25, 0.3) is 0 Å². The van der Waals surface area contributed by atoms with Gasteiger partial charge in [0.1, 0.15) is 0 Å². The highest BCUT2D eigenvalue weighted by Gasteiger charge is 2.29. The van der Waals surface area contributed by atoms with Crippen LogP contribution in [0.15, 0.2) is 24.3 Å². The summed E-state index contributed by atoms with van der Waals surface area (Å²) in [5, 5.41) is 0.606. The minimum atomic E-state index is -0.0972. The Hall–Kier alpha value is -0.900. The monoisotopic (exact) mass is 266 g/mol. The number of nitrogens with two attached hydrogens (primary N) is 1. The maximum Gasteiger partial charge on any atom is 0.179 e. The summed E-state index contributed by atoms with van der Waals surface area (Å²) in [6.07, 6.45) is 1.09. The molecule has 1 fully saturated rings. The van der Waals surface area contributed by atoms with Crippen molar-refractivity contribution in [1.29, 1.82) is 0 Å². The summed E-state index contributed by atoms with van der Waals surface area (Å²) in [4.78, 5) is 14.6. The van der Waals surface area contributed by atoms with Gasteiger partial charge in [-0.1, -0.05) is 23.7 Å². The number of benzene rings is 1. The maximum atomic E-state index is 12.3. The van der Waals surface area contributed by atoms with Crippen molar-refractivity contribution in [2.24, 2.45) is 11.7 Å². The summed E-state index contributed by atoms with van der Waals surface area (Å²) in [7, 11) is 0. The second-order valence-corrected chi connectivity index (χ2v) is 5.37. The third kappa shape index (κ3) is 2.91. The van der Waals surface area contributed by atoms with Gasteiger partial charge in [-0.3, -0.25) is 9.69 Å². The number of halogens is 1. The van der Waals surface area contributed by atoms with Crippen LogP contribution in [0, 0.1) is 5.92 Å². The predicted octanol–water partition coefficient (Wildman–Crippen LogP) is 2.19. The summed E-state index contributed by atoms with van der Waals surface area (Å²) in [6, 6.07) is 7.05. The van der Waals surface area contributed by atoms with E-state index in [1.54, 1.807) is 12.1 Å². The number of Topliss-reactive ketones (excluding diaryl/α,β-unsaturated/α-hetero) is 1. The van der Waals surface area contributed by atoms with E-state index in [-0.39, 0.29) is 11.8 Å². The van der Waals surface area contributed by atoms with Gasteiger partial charge in [0, 0.05) is 17.1 Å². The third-order valence-electron chi connectivity index (χ3n) is 3.69. The van der Waals surface area contributed by atoms with Crippen molar-refractivity contribution in [3.8, 4) is 0 Å². The van der Waals surface area contributed by atoms with E-state index in [1.807, 2.05) is 19.1 Å². The first-order valence-corrected chi connectivity index (χ1v) is 6.73. The van der Waals surface area contributed by atoms with Crippen molar-refractivity contribution >= 4 is 17.4 Å². The quantitative estimate of drug-likeness (QED) is 0.850. The number of carbonyl (C=O) groups excluding carboxylic acids is 1. The average Bonchev–Trinajstić information content (AvgIpc) is 2.85. The Bertz CT molecular complexity index is 436. The molecule has 4 heteroatoms. The number of nitrogens with zero attached hydrogens (tertiary/aromatic N) is 1. The normalized spacial score (nSPS) is 22.1.